The number of fused-ring (bicyclic) bond motifs is 1. The zero-order chi connectivity index (χ0) is 23.9. The van der Waals surface area contributed by atoms with Gasteiger partial charge in [0.1, 0.15) is 0 Å². The smallest absolute Gasteiger partial charge is 0.232 e. The van der Waals surface area contributed by atoms with E-state index >= 15 is 0 Å². The zero-order valence-corrected chi connectivity index (χ0v) is 23.3. The first-order valence-corrected chi connectivity index (χ1v) is 13.5. The number of rotatable bonds is 6. The third kappa shape index (κ3) is 5.91. The molecule has 0 atom stereocenters. The van der Waals surface area contributed by atoms with Crippen LogP contribution in [-0.4, -0.2) is 43.7 Å². The summed E-state index contributed by atoms with van der Waals surface area (Å²) in [6.07, 6.45) is 2.99. The Morgan fingerprint density at radius 3 is 1.97 bits per heavy atom. The van der Waals surface area contributed by atoms with Gasteiger partial charge in [-0.05, 0) is 59.7 Å². The first-order valence-electron chi connectivity index (χ1n) is 10.9. The Labute approximate surface area is 233 Å². The minimum atomic E-state index is -3.48. The van der Waals surface area contributed by atoms with Crippen LogP contribution in [0.4, 0.5) is 5.69 Å². The average molecular weight is 585 g/mol. The number of nitrogens with zero attached hydrogens (tertiary/aromatic N) is 3. The van der Waals surface area contributed by atoms with E-state index in [1.165, 1.54) is 10.6 Å². The van der Waals surface area contributed by atoms with Crippen LogP contribution in [0.1, 0.15) is 17.2 Å². The molecule has 5 rings (SSSR count). The summed E-state index contributed by atoms with van der Waals surface area (Å²) in [5, 5.41) is 2.26. The summed E-state index contributed by atoms with van der Waals surface area (Å²) >= 11 is 12.3. The normalized spacial score (nSPS) is 14.1. The Morgan fingerprint density at radius 1 is 0.889 bits per heavy atom. The van der Waals surface area contributed by atoms with Gasteiger partial charge in [-0.15, -0.1) is 24.8 Å². The van der Waals surface area contributed by atoms with Crippen molar-refractivity contribution in [2.24, 2.45) is 0 Å². The van der Waals surface area contributed by atoms with E-state index in [2.05, 4.69) is 9.88 Å². The molecule has 0 N–H and O–H groups in total. The third-order valence-electron chi connectivity index (χ3n) is 6.16. The third-order valence-corrected chi connectivity index (χ3v) is 7.88. The Morgan fingerprint density at radius 2 is 1.44 bits per heavy atom. The molecular formula is C26H25Cl4N3O2S. The topological polar surface area (TPSA) is 53.5 Å². The Hall–Kier alpha value is -2.06. The molecule has 0 unspecified atom stereocenters. The molecule has 1 fully saturated rings. The average Bonchev–Trinajstić information content (AvgIpc) is 2.78. The standard InChI is InChI=1S/C26H23Cl2N3O2S.2ClH/c1-34(32,33)31(23-12-13-25-20(15-23)3-2-14-29-25)24-16-30(17-24)26(18-4-8-21(27)9-5-18)19-6-10-22(28)11-7-19;;/h2-15,24,26H,16-17H2,1H3;2*1H. The van der Waals surface area contributed by atoms with Crippen LogP contribution >= 0.6 is 48.0 Å². The van der Waals surface area contributed by atoms with Gasteiger partial charge in [-0.1, -0.05) is 53.5 Å². The first kappa shape index (κ1) is 28.5. The Balaban J connectivity index is 0.00000180. The van der Waals surface area contributed by atoms with Gasteiger partial charge in [0.05, 0.1) is 29.5 Å². The number of hydrogen-bond donors (Lipinski definition) is 0. The van der Waals surface area contributed by atoms with Gasteiger partial charge in [-0.2, -0.15) is 0 Å². The van der Waals surface area contributed by atoms with Gasteiger partial charge in [-0.3, -0.25) is 14.2 Å². The van der Waals surface area contributed by atoms with Crippen LogP contribution in [0.3, 0.4) is 0 Å². The molecule has 2 heterocycles. The molecule has 1 aromatic heterocycles. The van der Waals surface area contributed by atoms with Crippen LogP contribution in [0, 0.1) is 0 Å². The van der Waals surface area contributed by atoms with Gasteiger partial charge >= 0.3 is 0 Å². The number of benzene rings is 3. The highest BCUT2D eigenvalue weighted by Gasteiger charge is 2.40. The van der Waals surface area contributed by atoms with Crippen molar-refractivity contribution in [2.75, 3.05) is 23.7 Å². The van der Waals surface area contributed by atoms with E-state index in [0.29, 0.717) is 28.8 Å². The molecule has 190 valence electrons. The lowest BCUT2D eigenvalue weighted by molar-refractivity contribution is 0.116. The second-order valence-electron chi connectivity index (χ2n) is 8.55. The van der Waals surface area contributed by atoms with Gasteiger partial charge in [0.25, 0.3) is 0 Å². The maximum absolute atomic E-state index is 12.9. The van der Waals surface area contributed by atoms with E-state index in [1.807, 2.05) is 78.9 Å². The maximum atomic E-state index is 12.9. The van der Waals surface area contributed by atoms with Crippen LogP contribution in [-0.2, 0) is 10.0 Å². The number of sulfonamides is 1. The second-order valence-corrected chi connectivity index (χ2v) is 11.3. The quantitative estimate of drug-likeness (QED) is 0.255. The van der Waals surface area contributed by atoms with E-state index in [1.54, 1.807) is 6.20 Å². The predicted molar refractivity (Wildman–Crippen MR) is 154 cm³/mol. The number of anilines is 1. The van der Waals surface area contributed by atoms with E-state index < -0.39 is 10.0 Å². The van der Waals surface area contributed by atoms with E-state index in [4.69, 9.17) is 23.2 Å². The molecule has 0 saturated carbocycles. The van der Waals surface area contributed by atoms with Crippen LogP contribution in [0.25, 0.3) is 10.9 Å². The minimum absolute atomic E-state index is 0. The first-order chi connectivity index (χ1) is 16.3. The Bertz CT molecular complexity index is 1380. The molecule has 36 heavy (non-hydrogen) atoms. The number of hydrogen-bond acceptors (Lipinski definition) is 4. The Kier molecular flexibility index (Phi) is 9.15. The molecule has 5 nitrogen and oxygen atoms in total. The molecule has 3 aromatic carbocycles. The number of halogens is 4. The summed E-state index contributed by atoms with van der Waals surface area (Å²) in [6.45, 7) is 1.18. The highest BCUT2D eigenvalue weighted by molar-refractivity contribution is 7.92. The van der Waals surface area contributed by atoms with Crippen LogP contribution < -0.4 is 4.31 Å². The zero-order valence-electron chi connectivity index (χ0n) is 19.3. The highest BCUT2D eigenvalue weighted by atomic mass is 35.5. The molecule has 0 radical (unpaired) electrons. The molecule has 4 aromatic rings. The van der Waals surface area contributed by atoms with Gasteiger partial charge in [0.2, 0.25) is 10.0 Å². The van der Waals surface area contributed by atoms with Crippen molar-refractivity contribution in [1.82, 2.24) is 9.88 Å². The largest absolute Gasteiger partial charge is 0.288 e. The molecule has 0 spiro atoms. The summed E-state index contributed by atoms with van der Waals surface area (Å²) in [5.74, 6) is 0. The van der Waals surface area contributed by atoms with Gasteiger partial charge in [-0.25, -0.2) is 8.42 Å². The van der Waals surface area contributed by atoms with Crippen molar-refractivity contribution in [3.63, 3.8) is 0 Å². The van der Waals surface area contributed by atoms with E-state index in [-0.39, 0.29) is 36.9 Å². The predicted octanol–water partition coefficient (Wildman–Crippen LogP) is 6.63. The highest BCUT2D eigenvalue weighted by Crippen LogP contribution is 2.37. The SMILES string of the molecule is CS(=O)(=O)N(c1ccc2ncccc2c1)C1CN(C(c2ccc(Cl)cc2)c2ccc(Cl)cc2)C1.Cl.Cl. The number of aromatic nitrogens is 1. The van der Waals surface area contributed by atoms with Gasteiger partial charge in [0, 0.05) is 34.7 Å². The lowest BCUT2D eigenvalue weighted by atomic mass is 9.93. The molecule has 0 amide bonds. The fraction of sp³-hybridized carbons (Fsp3) is 0.192. The molecule has 0 aliphatic carbocycles. The van der Waals surface area contributed by atoms with Crippen molar-refractivity contribution in [3.8, 4) is 0 Å². The molecule has 1 aliphatic rings. The summed E-state index contributed by atoms with van der Waals surface area (Å²) in [4.78, 5) is 6.62. The van der Waals surface area contributed by atoms with Crippen molar-refractivity contribution < 1.29 is 8.42 Å². The monoisotopic (exact) mass is 583 g/mol. The van der Waals surface area contributed by atoms with Gasteiger partial charge in [0.15, 0.2) is 0 Å². The summed E-state index contributed by atoms with van der Waals surface area (Å²) in [6, 6.07) is 24.7. The van der Waals surface area contributed by atoms with Crippen molar-refractivity contribution in [1.29, 1.82) is 0 Å². The lowest BCUT2D eigenvalue weighted by Crippen LogP contribution is -2.61. The van der Waals surface area contributed by atoms with Crippen molar-refractivity contribution >= 4 is 74.6 Å². The fourth-order valence-electron chi connectivity index (χ4n) is 4.62. The van der Waals surface area contributed by atoms with Crippen molar-refractivity contribution in [3.05, 3.63) is 106 Å². The van der Waals surface area contributed by atoms with E-state index in [0.717, 1.165) is 22.0 Å². The molecule has 1 aliphatic heterocycles. The molecular weight excluding hydrogens is 560 g/mol. The van der Waals surface area contributed by atoms with Crippen LogP contribution in [0.2, 0.25) is 10.0 Å². The summed E-state index contributed by atoms with van der Waals surface area (Å²) in [5.41, 5.74) is 3.67. The fourth-order valence-corrected chi connectivity index (χ4v) is 6.05. The number of likely N-dealkylation sites (tertiary alicyclic amines) is 1. The summed E-state index contributed by atoms with van der Waals surface area (Å²) in [7, 11) is -3.48. The van der Waals surface area contributed by atoms with Gasteiger partial charge < -0.3 is 0 Å². The lowest BCUT2D eigenvalue weighted by Gasteiger charge is -2.48. The molecule has 1 saturated heterocycles. The molecule has 0 bridgehead atoms. The van der Waals surface area contributed by atoms with Crippen molar-refractivity contribution in [2.45, 2.75) is 12.1 Å². The second kappa shape index (κ2) is 11.5. The maximum Gasteiger partial charge on any atom is 0.232 e. The number of pyridine rings is 1. The van der Waals surface area contributed by atoms with Crippen LogP contribution in [0.5, 0.6) is 0 Å². The minimum Gasteiger partial charge on any atom is -0.288 e. The summed E-state index contributed by atoms with van der Waals surface area (Å²) < 4.78 is 27.3. The van der Waals surface area contributed by atoms with E-state index in [9.17, 15) is 8.42 Å². The van der Waals surface area contributed by atoms with Crippen LogP contribution in [0.15, 0.2) is 85.1 Å². The molecule has 10 heteroatoms.